The molecule has 2 aliphatic rings. The summed E-state index contributed by atoms with van der Waals surface area (Å²) in [5.74, 6) is -0.809. The molecule has 0 spiro atoms. The molecule has 36 heavy (non-hydrogen) atoms. The summed E-state index contributed by atoms with van der Waals surface area (Å²) in [7, 11) is 1.58. The molecule has 1 aromatic heterocycles. The van der Waals surface area contributed by atoms with E-state index in [4.69, 9.17) is 4.74 Å². The SMILES string of the molecule is COc1ccc(CNC2C(c3ccccc3)N(C(=O)C3CCCCC3)C(C(=O)O)C2C(C)(C)C)cn1. The van der Waals surface area contributed by atoms with Gasteiger partial charge in [-0.15, -0.1) is 0 Å². The number of hydrogen-bond donors (Lipinski definition) is 2. The Morgan fingerprint density at radius 3 is 2.33 bits per heavy atom. The first-order chi connectivity index (χ1) is 17.2. The summed E-state index contributed by atoms with van der Waals surface area (Å²) in [6, 6.07) is 12.1. The van der Waals surface area contributed by atoms with Crippen LogP contribution in [0.4, 0.5) is 0 Å². The molecule has 4 rings (SSSR count). The fourth-order valence-corrected chi connectivity index (χ4v) is 6.16. The smallest absolute Gasteiger partial charge is 0.326 e. The van der Waals surface area contributed by atoms with E-state index in [9.17, 15) is 14.7 Å². The Balaban J connectivity index is 1.76. The van der Waals surface area contributed by atoms with Gasteiger partial charge in [-0.3, -0.25) is 4.79 Å². The van der Waals surface area contributed by atoms with Crippen LogP contribution in [0.3, 0.4) is 0 Å². The third-order valence-electron chi connectivity index (χ3n) is 7.82. The van der Waals surface area contributed by atoms with Gasteiger partial charge in [-0.05, 0) is 29.4 Å². The Kier molecular flexibility index (Phi) is 7.98. The Bertz CT molecular complexity index is 1030. The van der Waals surface area contributed by atoms with Gasteiger partial charge in [0.2, 0.25) is 11.8 Å². The van der Waals surface area contributed by atoms with E-state index in [0.29, 0.717) is 12.4 Å². The molecule has 1 aliphatic carbocycles. The highest BCUT2D eigenvalue weighted by Crippen LogP contribution is 2.49. The van der Waals surface area contributed by atoms with Gasteiger partial charge < -0.3 is 20.1 Å². The van der Waals surface area contributed by atoms with Crippen molar-refractivity contribution in [3.05, 3.63) is 59.8 Å². The number of ether oxygens (including phenoxy) is 1. The number of nitrogens with one attached hydrogen (secondary N) is 1. The molecular weight excluding hydrogens is 454 g/mol. The van der Waals surface area contributed by atoms with E-state index >= 15 is 0 Å². The van der Waals surface area contributed by atoms with E-state index in [-0.39, 0.29) is 35.2 Å². The lowest BCUT2D eigenvalue weighted by Gasteiger charge is -2.36. The lowest BCUT2D eigenvalue weighted by Crippen LogP contribution is -2.49. The summed E-state index contributed by atoms with van der Waals surface area (Å²) in [6.07, 6.45) is 6.61. The number of benzene rings is 1. The Morgan fingerprint density at radius 1 is 1.08 bits per heavy atom. The number of rotatable bonds is 7. The molecule has 1 aromatic carbocycles. The number of aromatic nitrogens is 1. The highest BCUT2D eigenvalue weighted by Gasteiger charge is 2.58. The van der Waals surface area contributed by atoms with E-state index in [2.05, 4.69) is 31.1 Å². The zero-order chi connectivity index (χ0) is 25.9. The van der Waals surface area contributed by atoms with Crippen molar-refractivity contribution in [2.45, 2.75) is 77.5 Å². The molecule has 2 aromatic rings. The number of nitrogens with zero attached hydrogens (tertiary/aromatic N) is 2. The third kappa shape index (κ3) is 5.41. The topological polar surface area (TPSA) is 91.8 Å². The van der Waals surface area contributed by atoms with E-state index in [0.717, 1.165) is 43.2 Å². The highest BCUT2D eigenvalue weighted by atomic mass is 16.5. The van der Waals surface area contributed by atoms with Crippen LogP contribution in [0, 0.1) is 17.3 Å². The lowest BCUT2D eigenvalue weighted by molar-refractivity contribution is -0.154. The molecule has 1 saturated heterocycles. The van der Waals surface area contributed by atoms with Crippen molar-refractivity contribution < 1.29 is 19.4 Å². The maximum atomic E-state index is 14.1. The van der Waals surface area contributed by atoms with Gasteiger partial charge in [0.1, 0.15) is 6.04 Å². The minimum absolute atomic E-state index is 0.0133. The van der Waals surface area contributed by atoms with Crippen molar-refractivity contribution in [2.24, 2.45) is 17.3 Å². The van der Waals surface area contributed by atoms with Gasteiger partial charge in [0.05, 0.1) is 13.2 Å². The lowest BCUT2D eigenvalue weighted by atomic mass is 9.72. The molecule has 194 valence electrons. The second kappa shape index (κ2) is 11.0. The van der Waals surface area contributed by atoms with E-state index < -0.39 is 12.0 Å². The van der Waals surface area contributed by atoms with Gasteiger partial charge in [-0.2, -0.15) is 0 Å². The Hall–Kier alpha value is -2.93. The maximum Gasteiger partial charge on any atom is 0.326 e. The molecule has 0 bridgehead atoms. The van der Waals surface area contributed by atoms with Crippen LogP contribution in [-0.2, 0) is 16.1 Å². The normalized spacial score (nSPS) is 25.1. The highest BCUT2D eigenvalue weighted by molar-refractivity contribution is 5.87. The second-order valence-corrected chi connectivity index (χ2v) is 11.2. The standard InChI is InChI=1S/C29H39N3O4/c1-29(2,3)23-24(31-18-19-15-16-22(36-4)30-17-19)25(20-11-7-5-8-12-20)32(26(23)28(34)35)27(33)21-13-9-6-10-14-21/h5,7-8,11-12,15-17,21,23-26,31H,6,9-10,13-14,18H2,1-4H3,(H,34,35). The van der Waals surface area contributed by atoms with Gasteiger partial charge in [0.15, 0.2) is 0 Å². The minimum atomic E-state index is -0.935. The Morgan fingerprint density at radius 2 is 1.78 bits per heavy atom. The van der Waals surface area contributed by atoms with Crippen molar-refractivity contribution >= 4 is 11.9 Å². The zero-order valence-corrected chi connectivity index (χ0v) is 21.8. The fourth-order valence-electron chi connectivity index (χ4n) is 6.16. The molecule has 2 fully saturated rings. The summed E-state index contributed by atoms with van der Waals surface area (Å²) in [5, 5.41) is 14.2. The molecule has 4 unspecified atom stereocenters. The molecule has 1 amide bonds. The summed E-state index contributed by atoms with van der Waals surface area (Å²) < 4.78 is 5.18. The van der Waals surface area contributed by atoms with Gasteiger partial charge in [-0.1, -0.05) is 76.4 Å². The predicted molar refractivity (Wildman–Crippen MR) is 138 cm³/mol. The second-order valence-electron chi connectivity index (χ2n) is 11.2. The zero-order valence-electron chi connectivity index (χ0n) is 21.8. The molecule has 2 heterocycles. The van der Waals surface area contributed by atoms with Crippen LogP contribution in [0.5, 0.6) is 5.88 Å². The molecule has 1 aliphatic heterocycles. The van der Waals surface area contributed by atoms with Crippen LogP contribution in [0.25, 0.3) is 0 Å². The number of hydrogen-bond acceptors (Lipinski definition) is 5. The summed E-state index contributed by atoms with van der Waals surface area (Å²) in [4.78, 5) is 33.0. The average molecular weight is 494 g/mol. The number of carbonyl (C=O) groups is 2. The van der Waals surface area contributed by atoms with Crippen molar-refractivity contribution in [2.75, 3.05) is 7.11 Å². The number of carboxylic acid groups (broad SMARTS) is 1. The predicted octanol–water partition coefficient (Wildman–Crippen LogP) is 4.83. The average Bonchev–Trinajstić information content (AvgIpc) is 3.24. The first-order valence-electron chi connectivity index (χ1n) is 13.0. The number of amides is 1. The number of carboxylic acids is 1. The van der Waals surface area contributed by atoms with E-state index in [1.807, 2.05) is 42.5 Å². The van der Waals surface area contributed by atoms with Crippen molar-refractivity contribution in [3.8, 4) is 5.88 Å². The minimum Gasteiger partial charge on any atom is -0.481 e. The van der Waals surface area contributed by atoms with Crippen LogP contribution in [0.1, 0.15) is 70.0 Å². The van der Waals surface area contributed by atoms with Crippen LogP contribution < -0.4 is 10.1 Å². The third-order valence-corrected chi connectivity index (χ3v) is 7.82. The van der Waals surface area contributed by atoms with Crippen molar-refractivity contribution in [1.29, 1.82) is 0 Å². The van der Waals surface area contributed by atoms with Gasteiger partial charge in [-0.25, -0.2) is 9.78 Å². The summed E-state index contributed by atoms with van der Waals surface area (Å²) in [5.41, 5.74) is 1.58. The van der Waals surface area contributed by atoms with Crippen LogP contribution in [-0.4, -0.2) is 46.1 Å². The largest absolute Gasteiger partial charge is 0.481 e. The molecule has 0 radical (unpaired) electrons. The van der Waals surface area contributed by atoms with Crippen LogP contribution >= 0.6 is 0 Å². The molecule has 7 heteroatoms. The number of carbonyl (C=O) groups excluding carboxylic acids is 1. The van der Waals surface area contributed by atoms with E-state index in [1.165, 1.54) is 0 Å². The number of pyridine rings is 1. The first kappa shape index (κ1) is 26.1. The monoisotopic (exact) mass is 493 g/mol. The number of likely N-dealkylation sites (tertiary alicyclic amines) is 1. The number of aliphatic carboxylic acids is 1. The molecule has 7 nitrogen and oxygen atoms in total. The maximum absolute atomic E-state index is 14.1. The van der Waals surface area contributed by atoms with Gasteiger partial charge in [0, 0.05) is 36.7 Å². The summed E-state index contributed by atoms with van der Waals surface area (Å²) >= 11 is 0. The molecule has 2 N–H and O–H groups in total. The van der Waals surface area contributed by atoms with Crippen molar-refractivity contribution in [1.82, 2.24) is 15.2 Å². The molecule has 1 saturated carbocycles. The molecule has 4 atom stereocenters. The summed E-state index contributed by atoms with van der Waals surface area (Å²) in [6.45, 7) is 6.74. The van der Waals surface area contributed by atoms with E-state index in [1.54, 1.807) is 18.2 Å². The van der Waals surface area contributed by atoms with Crippen LogP contribution in [0.15, 0.2) is 48.7 Å². The first-order valence-corrected chi connectivity index (χ1v) is 13.0. The van der Waals surface area contributed by atoms with Crippen LogP contribution in [0.2, 0.25) is 0 Å². The number of methoxy groups -OCH3 is 1. The molecular formula is C29H39N3O4. The quantitative estimate of drug-likeness (QED) is 0.574. The fraction of sp³-hybridized carbons (Fsp3) is 0.552. The van der Waals surface area contributed by atoms with Crippen molar-refractivity contribution in [3.63, 3.8) is 0 Å². The Labute approximate surface area is 214 Å². The van der Waals surface area contributed by atoms with Gasteiger partial charge in [0.25, 0.3) is 0 Å². The van der Waals surface area contributed by atoms with Gasteiger partial charge >= 0.3 is 5.97 Å².